The van der Waals surface area contributed by atoms with Crippen molar-refractivity contribution in [2.75, 3.05) is 17.7 Å². The number of benzene rings is 2. The van der Waals surface area contributed by atoms with Crippen LogP contribution in [0.5, 0.6) is 0 Å². The van der Waals surface area contributed by atoms with E-state index in [9.17, 15) is 18.0 Å². The van der Waals surface area contributed by atoms with E-state index >= 15 is 0 Å². The van der Waals surface area contributed by atoms with Crippen LogP contribution in [0.1, 0.15) is 40.9 Å². The number of aryl methyl sites for hydroxylation is 1. The van der Waals surface area contributed by atoms with Gasteiger partial charge in [-0.15, -0.1) is 0 Å². The Morgan fingerprint density at radius 3 is 2.44 bits per heavy atom. The fourth-order valence-electron chi connectivity index (χ4n) is 5.06. The van der Waals surface area contributed by atoms with E-state index in [4.69, 9.17) is 23.2 Å². The molecule has 0 saturated heterocycles. The Hall–Kier alpha value is -4.26. The molecule has 2 aromatic carbocycles. The van der Waals surface area contributed by atoms with Crippen LogP contribution in [0.25, 0.3) is 22.2 Å². The Bertz CT molecular complexity index is 1860. The van der Waals surface area contributed by atoms with Gasteiger partial charge in [0, 0.05) is 29.9 Å². The van der Waals surface area contributed by atoms with Crippen molar-refractivity contribution in [2.24, 2.45) is 0 Å². The Labute approximate surface area is 253 Å². The molecule has 1 aliphatic rings. The van der Waals surface area contributed by atoms with Crippen molar-refractivity contribution >= 4 is 57.3 Å². The van der Waals surface area contributed by atoms with E-state index in [0.717, 1.165) is 25.1 Å². The lowest BCUT2D eigenvalue weighted by atomic mass is 10.0. The van der Waals surface area contributed by atoms with Gasteiger partial charge in [-0.2, -0.15) is 18.3 Å². The van der Waals surface area contributed by atoms with Crippen molar-refractivity contribution < 1.29 is 18.0 Å². The van der Waals surface area contributed by atoms with Gasteiger partial charge < -0.3 is 16.0 Å². The molecule has 5 aromatic rings. The lowest BCUT2D eigenvalue weighted by molar-refractivity contribution is -0.144. The highest BCUT2D eigenvalue weighted by molar-refractivity contribution is 6.39. The SMILES string of the molecule is CN[C@@H]1CCCn2nc(C(=O)Nc3cccc(-c4cccc(Nc5nc(C(F)(F)F)nc6cccnc56)c4Cl)c3Cl)cc21. The number of nitrogens with zero attached hydrogens (tertiary/aromatic N) is 5. The van der Waals surface area contributed by atoms with Crippen LogP contribution in [0.3, 0.4) is 0 Å². The number of amides is 1. The second-order valence-corrected chi connectivity index (χ2v) is 10.6. The third kappa shape index (κ3) is 5.61. The molecular formula is C29H23Cl2F3N8O. The molecule has 0 unspecified atom stereocenters. The zero-order valence-corrected chi connectivity index (χ0v) is 24.0. The zero-order chi connectivity index (χ0) is 30.3. The maximum atomic E-state index is 13.5. The highest BCUT2D eigenvalue weighted by Gasteiger charge is 2.36. The second kappa shape index (κ2) is 11.4. The summed E-state index contributed by atoms with van der Waals surface area (Å²) in [5.41, 5.74) is 2.96. The first-order valence-electron chi connectivity index (χ1n) is 13.2. The maximum absolute atomic E-state index is 13.5. The molecular weight excluding hydrogens is 604 g/mol. The van der Waals surface area contributed by atoms with Crippen LogP contribution in [-0.4, -0.2) is 37.7 Å². The van der Waals surface area contributed by atoms with E-state index < -0.39 is 17.9 Å². The summed E-state index contributed by atoms with van der Waals surface area (Å²) in [4.78, 5) is 24.6. The van der Waals surface area contributed by atoms with Gasteiger partial charge in [-0.05, 0) is 50.2 Å². The quantitative estimate of drug-likeness (QED) is 0.182. The number of halogens is 5. The number of anilines is 3. The number of aromatic nitrogens is 5. The van der Waals surface area contributed by atoms with E-state index in [2.05, 4.69) is 36.0 Å². The van der Waals surface area contributed by atoms with Crippen LogP contribution >= 0.6 is 23.2 Å². The molecule has 9 nitrogen and oxygen atoms in total. The number of alkyl halides is 3. The van der Waals surface area contributed by atoms with Gasteiger partial charge in [0.15, 0.2) is 11.5 Å². The molecule has 14 heteroatoms. The number of rotatable bonds is 6. The minimum atomic E-state index is -4.77. The predicted molar refractivity (Wildman–Crippen MR) is 159 cm³/mol. The molecule has 0 bridgehead atoms. The molecule has 1 atom stereocenters. The van der Waals surface area contributed by atoms with Crippen molar-refractivity contribution in [1.29, 1.82) is 0 Å². The molecule has 43 heavy (non-hydrogen) atoms. The maximum Gasteiger partial charge on any atom is 0.451 e. The van der Waals surface area contributed by atoms with Gasteiger partial charge in [0.2, 0.25) is 5.82 Å². The summed E-state index contributed by atoms with van der Waals surface area (Å²) in [6.07, 6.45) is -1.43. The number of carbonyl (C=O) groups excluding carboxylic acids is 1. The molecule has 0 aliphatic carbocycles. The van der Waals surface area contributed by atoms with Crippen molar-refractivity contribution in [3.05, 3.63) is 88.1 Å². The molecule has 3 aromatic heterocycles. The largest absolute Gasteiger partial charge is 0.451 e. The summed E-state index contributed by atoms with van der Waals surface area (Å²) in [6, 6.07) is 14.8. The van der Waals surface area contributed by atoms with Crippen LogP contribution in [0, 0.1) is 0 Å². The predicted octanol–water partition coefficient (Wildman–Crippen LogP) is 7.26. The Balaban J connectivity index is 1.31. The standard InChI is InChI=1S/C29H23Cl2F3N8O/c1-35-17-11-5-13-42-22(17)14-21(41-42)27(43)38-19-9-3-7-16(24(19)31)15-6-2-8-18(23(15)30)37-26-25-20(10-4-12-36-25)39-28(40-26)29(32,33)34/h2-4,6-10,12,14,17,35H,5,11,13H2,1H3,(H,38,43)(H,37,39,40)/t17-/m1/s1. The summed E-state index contributed by atoms with van der Waals surface area (Å²) >= 11 is 13.5. The van der Waals surface area contributed by atoms with E-state index in [1.54, 1.807) is 42.5 Å². The summed E-state index contributed by atoms with van der Waals surface area (Å²) < 4.78 is 42.4. The molecule has 0 radical (unpaired) electrons. The second-order valence-electron chi connectivity index (χ2n) is 9.84. The highest BCUT2D eigenvalue weighted by Crippen LogP contribution is 2.41. The zero-order valence-electron chi connectivity index (χ0n) is 22.5. The summed E-state index contributed by atoms with van der Waals surface area (Å²) in [5.74, 6) is -1.89. The third-order valence-corrected chi connectivity index (χ3v) is 7.92. The molecule has 220 valence electrons. The molecule has 0 saturated carbocycles. The van der Waals surface area contributed by atoms with E-state index in [1.807, 2.05) is 11.7 Å². The van der Waals surface area contributed by atoms with Gasteiger partial charge in [0.1, 0.15) is 5.52 Å². The first kappa shape index (κ1) is 28.8. The smallest absolute Gasteiger partial charge is 0.337 e. The molecule has 1 aliphatic heterocycles. The molecule has 0 spiro atoms. The summed E-state index contributed by atoms with van der Waals surface area (Å²) in [5, 5.41) is 13.8. The first-order chi connectivity index (χ1) is 20.6. The minimum absolute atomic E-state index is 0.0196. The number of nitrogens with one attached hydrogen (secondary N) is 3. The third-order valence-electron chi connectivity index (χ3n) is 7.11. The van der Waals surface area contributed by atoms with Crippen molar-refractivity contribution in [1.82, 2.24) is 30.0 Å². The highest BCUT2D eigenvalue weighted by atomic mass is 35.5. The minimum Gasteiger partial charge on any atom is -0.337 e. The average molecular weight is 627 g/mol. The van der Waals surface area contributed by atoms with Crippen LogP contribution in [0.15, 0.2) is 60.8 Å². The number of fused-ring (bicyclic) bond motifs is 2. The van der Waals surface area contributed by atoms with Gasteiger partial charge in [-0.3, -0.25) is 14.5 Å². The van der Waals surface area contributed by atoms with E-state index in [-0.39, 0.29) is 44.3 Å². The fraction of sp³-hybridized carbons (Fsp3) is 0.207. The monoisotopic (exact) mass is 626 g/mol. The normalized spacial score (nSPS) is 14.9. The molecule has 3 N–H and O–H groups in total. The van der Waals surface area contributed by atoms with Gasteiger partial charge in [0.25, 0.3) is 5.91 Å². The topological polar surface area (TPSA) is 110 Å². The Morgan fingerprint density at radius 2 is 1.72 bits per heavy atom. The van der Waals surface area contributed by atoms with Crippen LogP contribution in [0.2, 0.25) is 10.0 Å². The molecule has 4 heterocycles. The fourth-order valence-corrected chi connectivity index (χ4v) is 5.61. The van der Waals surface area contributed by atoms with Crippen LogP contribution in [-0.2, 0) is 12.7 Å². The lowest BCUT2D eigenvalue weighted by Crippen LogP contribution is -2.24. The lowest BCUT2D eigenvalue weighted by Gasteiger charge is -2.22. The molecule has 0 fully saturated rings. The van der Waals surface area contributed by atoms with Gasteiger partial charge in [-0.1, -0.05) is 47.5 Å². The van der Waals surface area contributed by atoms with Crippen LogP contribution in [0.4, 0.5) is 30.4 Å². The van der Waals surface area contributed by atoms with Gasteiger partial charge >= 0.3 is 6.18 Å². The molecule has 6 rings (SSSR count). The van der Waals surface area contributed by atoms with Gasteiger partial charge in [-0.25, -0.2) is 9.97 Å². The van der Waals surface area contributed by atoms with Crippen molar-refractivity contribution in [3.63, 3.8) is 0 Å². The summed E-state index contributed by atoms with van der Waals surface area (Å²) in [7, 11) is 1.88. The number of carbonyl (C=O) groups is 1. The van der Waals surface area contributed by atoms with Crippen LogP contribution < -0.4 is 16.0 Å². The summed E-state index contributed by atoms with van der Waals surface area (Å²) in [6.45, 7) is 0.734. The van der Waals surface area contributed by atoms with E-state index in [1.165, 1.54) is 18.3 Å². The first-order valence-corrected chi connectivity index (χ1v) is 14.0. The number of hydrogen-bond acceptors (Lipinski definition) is 7. The van der Waals surface area contributed by atoms with Gasteiger partial charge in [0.05, 0.1) is 32.6 Å². The van der Waals surface area contributed by atoms with Crippen molar-refractivity contribution in [2.45, 2.75) is 31.6 Å². The Kier molecular flexibility index (Phi) is 7.67. The Morgan fingerprint density at radius 1 is 1.00 bits per heavy atom. The van der Waals surface area contributed by atoms with E-state index in [0.29, 0.717) is 16.8 Å². The molecule has 1 amide bonds. The number of hydrogen-bond donors (Lipinski definition) is 3. The average Bonchev–Trinajstić information content (AvgIpc) is 3.44. The number of pyridine rings is 1. The van der Waals surface area contributed by atoms with Crippen molar-refractivity contribution in [3.8, 4) is 11.1 Å².